The molecule has 0 aliphatic heterocycles. The van der Waals surface area contributed by atoms with Crippen LogP contribution in [0.1, 0.15) is 52.7 Å². The highest BCUT2D eigenvalue weighted by Gasteiger charge is 2.27. The molecule has 0 aliphatic rings. The molecule has 0 atom stereocenters. The number of hydrogen-bond donors (Lipinski definition) is 2. The third-order valence-electron chi connectivity index (χ3n) is 3.70. The zero-order valence-electron chi connectivity index (χ0n) is 15.4. The van der Waals surface area contributed by atoms with Crippen molar-refractivity contribution in [3.05, 3.63) is 23.3 Å². The van der Waals surface area contributed by atoms with Crippen LogP contribution in [0.25, 0.3) is 10.6 Å². The molecular weight excluding hydrogens is 356 g/mol. The van der Waals surface area contributed by atoms with Crippen LogP contribution in [0.5, 0.6) is 5.75 Å². The number of carbonyl (C=O) groups is 1. The van der Waals surface area contributed by atoms with Crippen LogP contribution in [-0.2, 0) is 15.6 Å². The third kappa shape index (κ3) is 4.73. The molecule has 2 N–H and O–H groups in total. The molecule has 1 aromatic heterocycles. The predicted molar refractivity (Wildman–Crippen MR) is 103 cm³/mol. The molecule has 0 unspecified atom stereocenters. The lowest BCUT2D eigenvalue weighted by Crippen LogP contribution is -2.17. The summed E-state index contributed by atoms with van der Waals surface area (Å²) in [6.07, 6.45) is 0. The first kappa shape index (κ1) is 19.7. The van der Waals surface area contributed by atoms with Crippen LogP contribution >= 0.6 is 23.1 Å². The third-order valence-corrected chi connectivity index (χ3v) is 5.79. The molecular formula is C18H24N2O3S2. The predicted octanol–water partition coefficient (Wildman–Crippen LogP) is 4.68. The minimum Gasteiger partial charge on any atom is -0.507 e. The van der Waals surface area contributed by atoms with E-state index in [1.165, 1.54) is 11.3 Å². The molecule has 0 spiro atoms. The van der Waals surface area contributed by atoms with Crippen molar-refractivity contribution in [2.75, 3.05) is 5.75 Å². The smallest absolute Gasteiger partial charge is 0.313 e. The van der Waals surface area contributed by atoms with E-state index < -0.39 is 5.97 Å². The highest BCUT2D eigenvalue weighted by Crippen LogP contribution is 2.42. The Labute approximate surface area is 156 Å². The van der Waals surface area contributed by atoms with Crippen LogP contribution < -0.4 is 0 Å². The van der Waals surface area contributed by atoms with Gasteiger partial charge in [-0.25, -0.2) is 0 Å². The number of rotatable bonds is 4. The number of phenols is 1. The summed E-state index contributed by atoms with van der Waals surface area (Å²) in [6, 6.07) is 3.91. The Morgan fingerprint density at radius 2 is 1.60 bits per heavy atom. The topological polar surface area (TPSA) is 83.3 Å². The van der Waals surface area contributed by atoms with Crippen molar-refractivity contribution in [2.45, 2.75) is 56.7 Å². The Morgan fingerprint density at radius 1 is 1.08 bits per heavy atom. The van der Waals surface area contributed by atoms with Crippen molar-refractivity contribution in [1.82, 2.24) is 10.2 Å². The van der Waals surface area contributed by atoms with Gasteiger partial charge in [-0.2, -0.15) is 0 Å². The van der Waals surface area contributed by atoms with Gasteiger partial charge in [-0.3, -0.25) is 4.79 Å². The van der Waals surface area contributed by atoms with Crippen molar-refractivity contribution in [1.29, 1.82) is 0 Å². The van der Waals surface area contributed by atoms with E-state index in [0.717, 1.165) is 33.5 Å². The van der Waals surface area contributed by atoms with Gasteiger partial charge in [0.15, 0.2) is 4.34 Å². The second-order valence-electron chi connectivity index (χ2n) is 7.98. The van der Waals surface area contributed by atoms with E-state index in [1.807, 2.05) is 12.1 Å². The molecule has 0 amide bonds. The van der Waals surface area contributed by atoms with E-state index in [2.05, 4.69) is 51.7 Å². The van der Waals surface area contributed by atoms with Crippen LogP contribution in [0.4, 0.5) is 0 Å². The summed E-state index contributed by atoms with van der Waals surface area (Å²) in [6.45, 7) is 12.4. The SMILES string of the molecule is CC(C)(C)c1cc(-c2nnc(SCC(=O)O)s2)cc(C(C)(C)C)c1O. The first-order valence-electron chi connectivity index (χ1n) is 7.96. The van der Waals surface area contributed by atoms with Gasteiger partial charge < -0.3 is 10.2 Å². The summed E-state index contributed by atoms with van der Waals surface area (Å²) in [5, 5.41) is 28.6. The van der Waals surface area contributed by atoms with Crippen LogP contribution in [-0.4, -0.2) is 32.1 Å². The van der Waals surface area contributed by atoms with Gasteiger partial charge >= 0.3 is 5.97 Å². The first-order valence-corrected chi connectivity index (χ1v) is 9.76. The molecule has 7 heteroatoms. The summed E-state index contributed by atoms with van der Waals surface area (Å²) in [4.78, 5) is 10.7. The molecule has 0 aliphatic carbocycles. The maximum absolute atomic E-state index is 10.8. The van der Waals surface area contributed by atoms with Gasteiger partial charge in [-0.1, -0.05) is 64.6 Å². The molecule has 0 saturated heterocycles. The van der Waals surface area contributed by atoms with Crippen LogP contribution in [0, 0.1) is 0 Å². The maximum atomic E-state index is 10.8. The minimum atomic E-state index is -0.878. The summed E-state index contributed by atoms with van der Waals surface area (Å²) in [5.74, 6) is -0.588. The molecule has 136 valence electrons. The van der Waals surface area contributed by atoms with Crippen LogP contribution in [0.3, 0.4) is 0 Å². The Hall–Kier alpha value is -1.60. The molecule has 2 rings (SSSR count). The van der Waals surface area contributed by atoms with Gasteiger partial charge in [0.25, 0.3) is 0 Å². The molecule has 1 aromatic carbocycles. The number of nitrogens with zero attached hydrogens (tertiary/aromatic N) is 2. The number of carboxylic acids is 1. The van der Waals surface area contributed by atoms with Crippen molar-refractivity contribution in [3.63, 3.8) is 0 Å². The van der Waals surface area contributed by atoms with E-state index in [1.54, 1.807) is 0 Å². The van der Waals surface area contributed by atoms with Crippen LogP contribution in [0.2, 0.25) is 0 Å². The lowest BCUT2D eigenvalue weighted by molar-refractivity contribution is -0.133. The molecule has 0 bridgehead atoms. The maximum Gasteiger partial charge on any atom is 0.313 e. The average molecular weight is 381 g/mol. The van der Waals surface area contributed by atoms with Gasteiger partial charge in [0, 0.05) is 16.7 Å². The monoisotopic (exact) mass is 380 g/mol. The number of carboxylic acid groups (broad SMARTS) is 1. The number of hydrogen-bond acceptors (Lipinski definition) is 6. The summed E-state index contributed by atoms with van der Waals surface area (Å²) < 4.78 is 0.625. The fraction of sp³-hybridized carbons (Fsp3) is 0.500. The van der Waals surface area contributed by atoms with Gasteiger partial charge in [0.2, 0.25) is 0 Å². The number of phenolic OH excluding ortho intramolecular Hbond substituents is 1. The number of aromatic hydroxyl groups is 1. The number of thioether (sulfide) groups is 1. The number of benzene rings is 1. The minimum absolute atomic E-state index is 0.0370. The highest BCUT2D eigenvalue weighted by atomic mass is 32.2. The van der Waals surface area contributed by atoms with Gasteiger partial charge in [0.1, 0.15) is 10.8 Å². The molecule has 2 aromatic rings. The van der Waals surface area contributed by atoms with E-state index in [-0.39, 0.29) is 16.6 Å². The molecule has 25 heavy (non-hydrogen) atoms. The van der Waals surface area contributed by atoms with Crippen molar-refractivity contribution in [3.8, 4) is 16.3 Å². The summed E-state index contributed by atoms with van der Waals surface area (Å²) in [5.41, 5.74) is 2.19. The standard InChI is InChI=1S/C18H24N2O3S2/c1-17(2,3)11-7-10(8-12(14(11)23)18(4,5)6)15-19-20-16(25-15)24-9-13(21)22/h7-8,23H,9H2,1-6H3,(H,21,22). The Balaban J connectivity index is 2.53. The number of aliphatic carboxylic acids is 1. The van der Waals surface area contributed by atoms with E-state index >= 15 is 0 Å². The van der Waals surface area contributed by atoms with Crippen molar-refractivity contribution in [2.24, 2.45) is 0 Å². The lowest BCUT2D eigenvalue weighted by Gasteiger charge is -2.27. The fourth-order valence-corrected chi connectivity index (χ4v) is 3.97. The Morgan fingerprint density at radius 3 is 2.04 bits per heavy atom. The lowest BCUT2D eigenvalue weighted by atomic mass is 9.78. The fourth-order valence-electron chi connectivity index (χ4n) is 2.41. The first-order chi connectivity index (χ1) is 11.4. The Bertz CT molecular complexity index is 751. The Kier molecular flexibility index (Phi) is 5.49. The molecule has 0 fully saturated rings. The van der Waals surface area contributed by atoms with Gasteiger partial charge in [-0.15, -0.1) is 10.2 Å². The summed E-state index contributed by atoms with van der Waals surface area (Å²) in [7, 11) is 0. The largest absolute Gasteiger partial charge is 0.507 e. The molecule has 0 radical (unpaired) electrons. The zero-order valence-corrected chi connectivity index (χ0v) is 17.0. The zero-order chi connectivity index (χ0) is 19.0. The van der Waals surface area contributed by atoms with E-state index in [4.69, 9.17) is 5.11 Å². The van der Waals surface area contributed by atoms with Gasteiger partial charge in [-0.05, 0) is 23.0 Å². The second-order valence-corrected chi connectivity index (χ2v) is 10.2. The molecule has 5 nitrogen and oxygen atoms in total. The number of aromatic nitrogens is 2. The van der Waals surface area contributed by atoms with Crippen LogP contribution in [0.15, 0.2) is 16.5 Å². The van der Waals surface area contributed by atoms with E-state index in [9.17, 15) is 9.90 Å². The van der Waals surface area contributed by atoms with Gasteiger partial charge in [0.05, 0.1) is 5.75 Å². The summed E-state index contributed by atoms with van der Waals surface area (Å²) >= 11 is 2.53. The molecule has 1 heterocycles. The highest BCUT2D eigenvalue weighted by molar-refractivity contribution is 8.01. The second kappa shape index (κ2) is 6.96. The quantitative estimate of drug-likeness (QED) is 0.749. The van der Waals surface area contributed by atoms with Crippen molar-refractivity contribution < 1.29 is 15.0 Å². The van der Waals surface area contributed by atoms with E-state index in [0.29, 0.717) is 10.1 Å². The van der Waals surface area contributed by atoms with Crippen molar-refractivity contribution >= 4 is 29.1 Å². The molecule has 0 saturated carbocycles. The normalized spacial score (nSPS) is 12.4. The average Bonchev–Trinajstić information content (AvgIpc) is 2.91.